The van der Waals surface area contributed by atoms with Crippen LogP contribution in [0.3, 0.4) is 0 Å². The van der Waals surface area contributed by atoms with E-state index in [1.165, 1.54) is 0 Å². The van der Waals surface area contributed by atoms with Crippen molar-refractivity contribution in [2.75, 3.05) is 13.1 Å². The lowest BCUT2D eigenvalue weighted by Crippen LogP contribution is -2.52. The number of carbonyl (C=O) groups is 3. The molecule has 3 amide bonds. The molecule has 0 aliphatic rings. The van der Waals surface area contributed by atoms with Gasteiger partial charge in [0.25, 0.3) is 0 Å². The van der Waals surface area contributed by atoms with Gasteiger partial charge in [-0.2, -0.15) is 0 Å². The largest absolute Gasteiger partial charge is 0.480 e. The predicted molar refractivity (Wildman–Crippen MR) is 70.8 cm³/mol. The normalized spacial score (nSPS) is 13.3. The highest BCUT2D eigenvalue weighted by molar-refractivity contribution is 5.88. The van der Waals surface area contributed by atoms with Crippen molar-refractivity contribution >= 4 is 17.9 Å². The molecule has 0 rings (SSSR count). The van der Waals surface area contributed by atoms with E-state index in [1.54, 1.807) is 18.7 Å². The molecule has 0 bridgehead atoms. The molecular formula is C12H23N3O4. The van der Waals surface area contributed by atoms with Crippen molar-refractivity contribution in [1.29, 1.82) is 0 Å². The SMILES string of the molecule is CC[C@H](NC(=O)NC(C)C(=O)N(CC)CC)C(=O)O. The Morgan fingerprint density at radius 1 is 1.11 bits per heavy atom. The van der Waals surface area contributed by atoms with Crippen molar-refractivity contribution in [3.05, 3.63) is 0 Å². The molecule has 0 radical (unpaired) electrons. The van der Waals surface area contributed by atoms with Crippen LogP contribution in [0.5, 0.6) is 0 Å². The minimum atomic E-state index is -1.10. The number of aliphatic carboxylic acids is 1. The molecule has 2 atom stereocenters. The van der Waals surface area contributed by atoms with Gasteiger partial charge in [-0.05, 0) is 27.2 Å². The lowest BCUT2D eigenvalue weighted by Gasteiger charge is -2.24. The van der Waals surface area contributed by atoms with Crippen LogP contribution >= 0.6 is 0 Å². The summed E-state index contributed by atoms with van der Waals surface area (Å²) in [6.45, 7) is 8.06. The molecule has 7 nitrogen and oxygen atoms in total. The summed E-state index contributed by atoms with van der Waals surface area (Å²) in [5.41, 5.74) is 0. The third-order valence-electron chi connectivity index (χ3n) is 2.80. The summed E-state index contributed by atoms with van der Waals surface area (Å²) in [6, 6.07) is -2.29. The number of nitrogens with one attached hydrogen (secondary N) is 2. The number of amides is 3. The number of carboxylic acids is 1. The second-order valence-electron chi connectivity index (χ2n) is 4.15. The predicted octanol–water partition coefficient (Wildman–Crippen LogP) is 0.406. The summed E-state index contributed by atoms with van der Waals surface area (Å²) in [4.78, 5) is 35.8. The van der Waals surface area contributed by atoms with Crippen LogP contribution in [0, 0.1) is 0 Å². The van der Waals surface area contributed by atoms with Gasteiger partial charge < -0.3 is 20.6 Å². The van der Waals surface area contributed by atoms with Crippen molar-refractivity contribution in [3.8, 4) is 0 Å². The summed E-state index contributed by atoms with van der Waals surface area (Å²) in [7, 11) is 0. The van der Waals surface area contributed by atoms with E-state index in [4.69, 9.17) is 5.11 Å². The van der Waals surface area contributed by atoms with E-state index in [0.29, 0.717) is 13.1 Å². The Morgan fingerprint density at radius 2 is 1.63 bits per heavy atom. The third kappa shape index (κ3) is 5.58. The zero-order chi connectivity index (χ0) is 15.0. The first-order valence-corrected chi connectivity index (χ1v) is 6.45. The summed E-state index contributed by atoms with van der Waals surface area (Å²) in [5.74, 6) is -1.29. The molecule has 0 fully saturated rings. The Kier molecular flexibility index (Phi) is 7.55. The van der Waals surface area contributed by atoms with Crippen molar-refractivity contribution in [3.63, 3.8) is 0 Å². The van der Waals surface area contributed by atoms with Gasteiger partial charge in [0.15, 0.2) is 0 Å². The van der Waals surface area contributed by atoms with Crippen LogP contribution in [0.1, 0.15) is 34.1 Å². The number of hydrogen-bond acceptors (Lipinski definition) is 3. The maximum absolute atomic E-state index is 11.9. The van der Waals surface area contributed by atoms with Crippen LogP contribution in [0.25, 0.3) is 0 Å². The first-order chi connectivity index (χ1) is 8.87. The van der Waals surface area contributed by atoms with E-state index < -0.39 is 24.1 Å². The monoisotopic (exact) mass is 273 g/mol. The summed E-state index contributed by atoms with van der Waals surface area (Å²) in [6.07, 6.45) is 0.279. The van der Waals surface area contributed by atoms with Crippen LogP contribution < -0.4 is 10.6 Å². The Bertz CT molecular complexity index is 329. The fourth-order valence-corrected chi connectivity index (χ4v) is 1.61. The van der Waals surface area contributed by atoms with Gasteiger partial charge in [0, 0.05) is 13.1 Å². The molecule has 0 aromatic carbocycles. The third-order valence-corrected chi connectivity index (χ3v) is 2.80. The van der Waals surface area contributed by atoms with E-state index in [-0.39, 0.29) is 12.3 Å². The fraction of sp³-hybridized carbons (Fsp3) is 0.750. The van der Waals surface area contributed by atoms with Crippen molar-refractivity contribution in [2.24, 2.45) is 0 Å². The molecule has 0 saturated heterocycles. The second kappa shape index (κ2) is 8.34. The van der Waals surface area contributed by atoms with Gasteiger partial charge in [0.05, 0.1) is 0 Å². The first kappa shape index (κ1) is 17.2. The van der Waals surface area contributed by atoms with E-state index in [1.807, 2.05) is 13.8 Å². The number of carboxylic acid groups (broad SMARTS) is 1. The van der Waals surface area contributed by atoms with Gasteiger partial charge in [0.2, 0.25) is 5.91 Å². The Balaban J connectivity index is 4.40. The quantitative estimate of drug-likeness (QED) is 0.625. The highest BCUT2D eigenvalue weighted by Crippen LogP contribution is 1.96. The minimum absolute atomic E-state index is 0.191. The average molecular weight is 273 g/mol. The van der Waals surface area contributed by atoms with Gasteiger partial charge in [-0.25, -0.2) is 9.59 Å². The smallest absolute Gasteiger partial charge is 0.326 e. The molecule has 0 heterocycles. The molecule has 110 valence electrons. The maximum atomic E-state index is 11.9. The van der Waals surface area contributed by atoms with Gasteiger partial charge >= 0.3 is 12.0 Å². The average Bonchev–Trinajstić information content (AvgIpc) is 2.36. The van der Waals surface area contributed by atoms with Crippen molar-refractivity contribution < 1.29 is 19.5 Å². The summed E-state index contributed by atoms with van der Waals surface area (Å²) < 4.78 is 0. The van der Waals surface area contributed by atoms with Crippen molar-refractivity contribution in [2.45, 2.75) is 46.2 Å². The lowest BCUT2D eigenvalue weighted by molar-refractivity contribution is -0.139. The highest BCUT2D eigenvalue weighted by atomic mass is 16.4. The summed E-state index contributed by atoms with van der Waals surface area (Å²) in [5, 5.41) is 13.6. The number of hydrogen-bond donors (Lipinski definition) is 3. The van der Waals surface area contributed by atoms with Gasteiger partial charge in [-0.1, -0.05) is 6.92 Å². The molecule has 0 aliphatic carbocycles. The van der Waals surface area contributed by atoms with E-state index in [0.717, 1.165) is 0 Å². The second-order valence-corrected chi connectivity index (χ2v) is 4.15. The summed E-state index contributed by atoms with van der Waals surface area (Å²) >= 11 is 0. The zero-order valence-electron chi connectivity index (χ0n) is 11.9. The molecule has 0 aliphatic heterocycles. The van der Waals surface area contributed by atoms with Crippen LogP contribution in [-0.2, 0) is 9.59 Å². The lowest BCUT2D eigenvalue weighted by atomic mass is 10.2. The Labute approximate surface area is 113 Å². The number of rotatable bonds is 7. The van der Waals surface area contributed by atoms with Crippen LogP contribution in [-0.4, -0.2) is 53.1 Å². The van der Waals surface area contributed by atoms with Gasteiger partial charge in [-0.3, -0.25) is 4.79 Å². The molecule has 0 saturated carbocycles. The fourth-order valence-electron chi connectivity index (χ4n) is 1.61. The molecule has 0 spiro atoms. The topological polar surface area (TPSA) is 98.7 Å². The maximum Gasteiger partial charge on any atom is 0.326 e. The zero-order valence-corrected chi connectivity index (χ0v) is 11.9. The molecule has 7 heteroatoms. The number of carbonyl (C=O) groups excluding carboxylic acids is 2. The highest BCUT2D eigenvalue weighted by Gasteiger charge is 2.22. The Morgan fingerprint density at radius 3 is 2.00 bits per heavy atom. The standard InChI is InChI=1S/C12H23N3O4/c1-5-9(11(17)18)14-12(19)13-8(4)10(16)15(6-2)7-3/h8-9H,5-7H2,1-4H3,(H,17,18)(H2,13,14,19)/t8?,9-/m0/s1. The molecule has 3 N–H and O–H groups in total. The minimum Gasteiger partial charge on any atom is -0.480 e. The molecule has 1 unspecified atom stereocenters. The van der Waals surface area contributed by atoms with E-state index in [2.05, 4.69) is 10.6 Å². The van der Waals surface area contributed by atoms with Gasteiger partial charge in [0.1, 0.15) is 12.1 Å². The number of nitrogens with zero attached hydrogens (tertiary/aromatic N) is 1. The Hall–Kier alpha value is -1.79. The van der Waals surface area contributed by atoms with Crippen molar-refractivity contribution in [1.82, 2.24) is 15.5 Å². The van der Waals surface area contributed by atoms with Crippen LogP contribution in [0.4, 0.5) is 4.79 Å². The van der Waals surface area contributed by atoms with Crippen LogP contribution in [0.15, 0.2) is 0 Å². The molecule has 19 heavy (non-hydrogen) atoms. The number of likely N-dealkylation sites (N-methyl/N-ethyl adjacent to an activating group) is 1. The van der Waals surface area contributed by atoms with E-state index >= 15 is 0 Å². The first-order valence-electron chi connectivity index (χ1n) is 6.45. The molecular weight excluding hydrogens is 250 g/mol. The molecule has 0 aromatic rings. The van der Waals surface area contributed by atoms with E-state index in [9.17, 15) is 14.4 Å². The molecule has 0 aromatic heterocycles. The van der Waals surface area contributed by atoms with Crippen LogP contribution in [0.2, 0.25) is 0 Å². The van der Waals surface area contributed by atoms with Gasteiger partial charge in [-0.15, -0.1) is 0 Å². The number of urea groups is 1.